The van der Waals surface area contributed by atoms with E-state index in [0.29, 0.717) is 4.09 Å². The number of carbonyl (C=O) groups is 1. The van der Waals surface area contributed by atoms with Gasteiger partial charge in [-0.25, -0.2) is 9.18 Å². The van der Waals surface area contributed by atoms with Gasteiger partial charge in [0.25, 0.3) is 10.0 Å². The number of nitrogen functional groups attached to an aromatic ring is 1. The van der Waals surface area contributed by atoms with E-state index in [-0.39, 0.29) is 16.6 Å². The second kappa shape index (κ2) is 7.42. The lowest BCUT2D eigenvalue weighted by molar-refractivity contribution is -0.129. The molecule has 0 fully saturated rings. The van der Waals surface area contributed by atoms with Gasteiger partial charge in [0.05, 0.1) is 4.90 Å². The van der Waals surface area contributed by atoms with Gasteiger partial charge in [-0.2, -0.15) is 8.42 Å². The SMILES string of the molecule is Nc1cc(OC(=O)/C=C/c2ccccc2)nn1S(=O)(=O)c1cccc(F)c1. The Balaban J connectivity index is 1.80. The molecule has 138 valence electrons. The maximum absolute atomic E-state index is 13.3. The van der Waals surface area contributed by atoms with Crippen molar-refractivity contribution in [2.24, 2.45) is 0 Å². The van der Waals surface area contributed by atoms with Gasteiger partial charge in [-0.15, -0.1) is 9.19 Å². The average Bonchev–Trinajstić information content (AvgIpc) is 3.02. The van der Waals surface area contributed by atoms with Crippen LogP contribution in [0.4, 0.5) is 10.2 Å². The average molecular weight is 387 g/mol. The molecule has 0 aliphatic carbocycles. The lowest BCUT2D eigenvalue weighted by Crippen LogP contribution is -2.17. The van der Waals surface area contributed by atoms with Crippen LogP contribution in [-0.2, 0) is 14.8 Å². The molecule has 3 rings (SSSR count). The molecular formula is C18H14FN3O4S. The fourth-order valence-corrected chi connectivity index (χ4v) is 3.42. The fourth-order valence-electron chi connectivity index (χ4n) is 2.19. The van der Waals surface area contributed by atoms with E-state index in [2.05, 4.69) is 5.10 Å². The number of anilines is 1. The van der Waals surface area contributed by atoms with Crippen LogP contribution < -0.4 is 10.5 Å². The quantitative estimate of drug-likeness (QED) is 0.533. The summed E-state index contributed by atoms with van der Waals surface area (Å²) in [5.41, 5.74) is 6.45. The number of nitrogens with two attached hydrogens (primary N) is 1. The van der Waals surface area contributed by atoms with Crippen molar-refractivity contribution < 1.29 is 22.3 Å². The predicted molar refractivity (Wildman–Crippen MR) is 96.7 cm³/mol. The van der Waals surface area contributed by atoms with E-state index in [4.69, 9.17) is 10.5 Å². The molecule has 2 aromatic carbocycles. The minimum Gasteiger partial charge on any atom is -0.403 e. The summed E-state index contributed by atoms with van der Waals surface area (Å²) in [5, 5.41) is 3.69. The van der Waals surface area contributed by atoms with Crippen LogP contribution in [0, 0.1) is 5.82 Å². The molecule has 1 heterocycles. The number of aromatic nitrogens is 2. The van der Waals surface area contributed by atoms with Crippen LogP contribution in [0.25, 0.3) is 6.08 Å². The van der Waals surface area contributed by atoms with Gasteiger partial charge in [0.15, 0.2) is 0 Å². The topological polar surface area (TPSA) is 104 Å². The van der Waals surface area contributed by atoms with Gasteiger partial charge in [-0.1, -0.05) is 36.4 Å². The summed E-state index contributed by atoms with van der Waals surface area (Å²) in [6.45, 7) is 0. The zero-order valence-electron chi connectivity index (χ0n) is 13.8. The molecule has 0 aliphatic rings. The van der Waals surface area contributed by atoms with Crippen molar-refractivity contribution in [3.05, 3.63) is 78.1 Å². The highest BCUT2D eigenvalue weighted by Crippen LogP contribution is 2.21. The summed E-state index contributed by atoms with van der Waals surface area (Å²) in [7, 11) is -4.23. The van der Waals surface area contributed by atoms with Gasteiger partial charge in [-0.05, 0) is 29.8 Å². The van der Waals surface area contributed by atoms with E-state index in [1.807, 2.05) is 18.2 Å². The van der Waals surface area contributed by atoms with Crippen molar-refractivity contribution in [1.82, 2.24) is 9.19 Å². The smallest absolute Gasteiger partial charge is 0.337 e. The molecule has 0 atom stereocenters. The van der Waals surface area contributed by atoms with E-state index in [1.165, 1.54) is 24.3 Å². The summed E-state index contributed by atoms with van der Waals surface area (Å²) in [6.07, 6.45) is 2.71. The molecule has 0 spiro atoms. The first-order valence-corrected chi connectivity index (χ1v) is 9.12. The van der Waals surface area contributed by atoms with Crippen LogP contribution in [0.2, 0.25) is 0 Å². The number of esters is 1. The number of halogens is 1. The first-order valence-electron chi connectivity index (χ1n) is 7.68. The number of benzene rings is 2. The highest BCUT2D eigenvalue weighted by Gasteiger charge is 2.23. The first kappa shape index (κ1) is 18.3. The number of carbonyl (C=O) groups excluding carboxylic acids is 1. The van der Waals surface area contributed by atoms with Crippen molar-refractivity contribution in [3.8, 4) is 5.88 Å². The molecule has 0 radical (unpaired) electrons. The Kier molecular flexibility index (Phi) is 5.04. The molecule has 27 heavy (non-hydrogen) atoms. The Morgan fingerprint density at radius 2 is 1.85 bits per heavy atom. The van der Waals surface area contributed by atoms with Crippen molar-refractivity contribution >= 4 is 27.9 Å². The lowest BCUT2D eigenvalue weighted by atomic mass is 10.2. The summed E-state index contributed by atoms with van der Waals surface area (Å²) in [5.74, 6) is -2.06. The van der Waals surface area contributed by atoms with Crippen LogP contribution in [0.15, 0.2) is 71.6 Å². The van der Waals surface area contributed by atoms with E-state index >= 15 is 0 Å². The number of nitrogens with zero attached hydrogens (tertiary/aromatic N) is 2. The number of hydrogen-bond acceptors (Lipinski definition) is 6. The van der Waals surface area contributed by atoms with Crippen molar-refractivity contribution in [3.63, 3.8) is 0 Å². The zero-order chi connectivity index (χ0) is 19.4. The van der Waals surface area contributed by atoms with Crippen molar-refractivity contribution in [2.75, 3.05) is 5.73 Å². The van der Waals surface area contributed by atoms with Gasteiger partial charge in [-0.3, -0.25) is 0 Å². The Hall–Kier alpha value is -3.46. The summed E-state index contributed by atoms with van der Waals surface area (Å²) >= 11 is 0. The minimum absolute atomic E-state index is 0.283. The predicted octanol–water partition coefficient (Wildman–Crippen LogP) is 2.46. The maximum atomic E-state index is 13.3. The second-order valence-corrected chi connectivity index (χ2v) is 7.15. The fraction of sp³-hybridized carbons (Fsp3) is 0. The van der Waals surface area contributed by atoms with Gasteiger partial charge in [0, 0.05) is 12.1 Å². The van der Waals surface area contributed by atoms with Crippen LogP contribution in [0.5, 0.6) is 5.88 Å². The third-order valence-electron chi connectivity index (χ3n) is 3.42. The standard InChI is InChI=1S/C18H14FN3O4S/c19-14-7-4-8-15(11-14)27(24,25)22-16(20)12-17(21-22)26-18(23)10-9-13-5-2-1-3-6-13/h1-12H,20H2/b10-9+. The molecule has 0 aliphatic heterocycles. The van der Waals surface area contributed by atoms with Crippen LogP contribution in [0.1, 0.15) is 5.56 Å². The molecule has 3 aromatic rings. The largest absolute Gasteiger partial charge is 0.403 e. The Morgan fingerprint density at radius 3 is 2.56 bits per heavy atom. The molecular weight excluding hydrogens is 373 g/mol. The monoisotopic (exact) mass is 387 g/mol. The molecule has 9 heteroatoms. The van der Waals surface area contributed by atoms with Gasteiger partial charge < -0.3 is 10.5 Å². The molecule has 0 unspecified atom stereocenters. The number of hydrogen-bond donors (Lipinski definition) is 1. The van der Waals surface area contributed by atoms with E-state index in [0.717, 1.165) is 23.8 Å². The molecule has 2 N–H and O–H groups in total. The Labute approximate surface area is 154 Å². The third kappa shape index (κ3) is 4.21. The number of ether oxygens (including phenoxy) is 1. The van der Waals surface area contributed by atoms with Gasteiger partial charge in [0.2, 0.25) is 5.88 Å². The summed E-state index contributed by atoms with van der Waals surface area (Å²) < 4.78 is 43.8. The lowest BCUT2D eigenvalue weighted by Gasteiger charge is -2.05. The third-order valence-corrected chi connectivity index (χ3v) is 5.02. The molecule has 1 aromatic heterocycles. The van der Waals surface area contributed by atoms with Crippen LogP contribution in [0.3, 0.4) is 0 Å². The van der Waals surface area contributed by atoms with E-state index in [9.17, 15) is 17.6 Å². The minimum atomic E-state index is -4.23. The normalized spacial score (nSPS) is 11.6. The molecule has 0 saturated heterocycles. The molecule has 0 amide bonds. The van der Waals surface area contributed by atoms with Gasteiger partial charge in [0.1, 0.15) is 11.6 Å². The highest BCUT2D eigenvalue weighted by atomic mass is 32.2. The van der Waals surface area contributed by atoms with Gasteiger partial charge >= 0.3 is 5.97 Å². The van der Waals surface area contributed by atoms with E-state index < -0.39 is 21.8 Å². The Morgan fingerprint density at radius 1 is 1.11 bits per heavy atom. The Bertz CT molecular complexity index is 1110. The summed E-state index contributed by atoms with van der Waals surface area (Å²) in [4.78, 5) is 11.5. The van der Waals surface area contributed by atoms with Crippen LogP contribution in [-0.4, -0.2) is 23.6 Å². The van der Waals surface area contributed by atoms with E-state index in [1.54, 1.807) is 12.1 Å². The molecule has 0 saturated carbocycles. The summed E-state index contributed by atoms with van der Waals surface area (Å²) in [6, 6.07) is 14.5. The molecule has 0 bridgehead atoms. The van der Waals surface area contributed by atoms with Crippen molar-refractivity contribution in [1.29, 1.82) is 0 Å². The zero-order valence-corrected chi connectivity index (χ0v) is 14.6. The molecule has 7 nitrogen and oxygen atoms in total. The first-order chi connectivity index (χ1) is 12.9. The second-order valence-electron chi connectivity index (χ2n) is 5.38. The number of rotatable bonds is 5. The maximum Gasteiger partial charge on any atom is 0.337 e. The van der Waals surface area contributed by atoms with Crippen molar-refractivity contribution in [2.45, 2.75) is 4.90 Å². The van der Waals surface area contributed by atoms with Crippen LogP contribution >= 0.6 is 0 Å². The highest BCUT2D eigenvalue weighted by molar-refractivity contribution is 7.90.